The summed E-state index contributed by atoms with van der Waals surface area (Å²) in [5.74, 6) is 0. The lowest BCUT2D eigenvalue weighted by Crippen LogP contribution is -2.40. The van der Waals surface area contributed by atoms with Crippen LogP contribution in [0.5, 0.6) is 0 Å². The van der Waals surface area contributed by atoms with Gasteiger partial charge in [0.05, 0.1) is 0 Å². The van der Waals surface area contributed by atoms with Crippen molar-refractivity contribution < 1.29 is 0 Å². The van der Waals surface area contributed by atoms with Gasteiger partial charge in [-0.1, -0.05) is 22.0 Å². The molecule has 1 heterocycles. The number of halogens is 1. The lowest BCUT2D eigenvalue weighted by Gasteiger charge is -2.35. The first-order valence-electron chi connectivity index (χ1n) is 5.36. The predicted octanol–water partition coefficient (Wildman–Crippen LogP) is 2.67. The van der Waals surface area contributed by atoms with Crippen LogP contribution in [0, 0.1) is 0 Å². The minimum Gasteiger partial charge on any atom is -0.323 e. The van der Waals surface area contributed by atoms with Gasteiger partial charge in [0.1, 0.15) is 0 Å². The summed E-state index contributed by atoms with van der Waals surface area (Å²) in [6.07, 6.45) is 0. The molecular formula is C12H17BrN2. The molecule has 2 nitrogen and oxygen atoms in total. The predicted molar refractivity (Wildman–Crippen MR) is 66.6 cm³/mol. The molecule has 1 aromatic carbocycles. The molecule has 1 unspecified atom stereocenters. The second-order valence-electron chi connectivity index (χ2n) is 4.47. The van der Waals surface area contributed by atoms with Gasteiger partial charge >= 0.3 is 0 Å². The van der Waals surface area contributed by atoms with Gasteiger partial charge in [0.15, 0.2) is 0 Å². The van der Waals surface area contributed by atoms with Crippen LogP contribution in [0.1, 0.15) is 31.0 Å². The number of hydrogen-bond acceptors (Lipinski definition) is 2. The molecular weight excluding hydrogens is 252 g/mol. The Balaban J connectivity index is 2.32. The van der Waals surface area contributed by atoms with E-state index >= 15 is 0 Å². The fourth-order valence-electron chi connectivity index (χ4n) is 2.08. The van der Waals surface area contributed by atoms with E-state index in [-0.39, 0.29) is 6.04 Å². The Labute approximate surface area is 99.6 Å². The third-order valence-electron chi connectivity index (χ3n) is 3.04. The van der Waals surface area contributed by atoms with E-state index in [1.807, 2.05) is 0 Å². The smallest absolute Gasteiger partial charge is 0.0428 e. The lowest BCUT2D eigenvalue weighted by molar-refractivity contribution is 0.185. The molecule has 1 aliphatic heterocycles. The fraction of sp³-hybridized carbons (Fsp3) is 0.500. The number of nitrogens with two attached hydrogens (primary N) is 1. The highest BCUT2D eigenvalue weighted by Crippen LogP contribution is 2.28. The summed E-state index contributed by atoms with van der Waals surface area (Å²) >= 11 is 3.49. The van der Waals surface area contributed by atoms with Crippen molar-refractivity contribution in [1.82, 2.24) is 4.90 Å². The van der Waals surface area contributed by atoms with E-state index in [9.17, 15) is 0 Å². The number of benzene rings is 1. The van der Waals surface area contributed by atoms with Gasteiger partial charge in [0.25, 0.3) is 0 Å². The van der Waals surface area contributed by atoms with Crippen LogP contribution in [0.2, 0.25) is 0 Å². The van der Waals surface area contributed by atoms with Crippen molar-refractivity contribution in [2.24, 2.45) is 5.73 Å². The largest absolute Gasteiger partial charge is 0.323 e. The SMILES string of the molecule is CC(C)N1Cc2ccc(Br)cc2C(N)C1. The highest BCUT2D eigenvalue weighted by Gasteiger charge is 2.23. The average Bonchev–Trinajstić information content (AvgIpc) is 2.18. The van der Waals surface area contributed by atoms with Crippen molar-refractivity contribution in [3.8, 4) is 0 Å². The Morgan fingerprint density at radius 2 is 2.20 bits per heavy atom. The normalized spacial score (nSPS) is 21.8. The molecule has 0 aromatic heterocycles. The van der Waals surface area contributed by atoms with E-state index in [2.05, 4.69) is 52.9 Å². The van der Waals surface area contributed by atoms with Gasteiger partial charge in [0.2, 0.25) is 0 Å². The van der Waals surface area contributed by atoms with E-state index in [0.29, 0.717) is 6.04 Å². The summed E-state index contributed by atoms with van der Waals surface area (Å²) in [6.45, 7) is 6.42. The monoisotopic (exact) mass is 268 g/mol. The lowest BCUT2D eigenvalue weighted by atomic mass is 9.95. The highest BCUT2D eigenvalue weighted by molar-refractivity contribution is 9.10. The van der Waals surface area contributed by atoms with Crippen LogP contribution in [0.15, 0.2) is 22.7 Å². The van der Waals surface area contributed by atoms with E-state index in [4.69, 9.17) is 5.73 Å². The Bertz CT molecular complexity index is 363. The van der Waals surface area contributed by atoms with Crippen molar-refractivity contribution in [3.05, 3.63) is 33.8 Å². The molecule has 15 heavy (non-hydrogen) atoms. The van der Waals surface area contributed by atoms with Crippen LogP contribution < -0.4 is 5.73 Å². The second-order valence-corrected chi connectivity index (χ2v) is 5.39. The maximum absolute atomic E-state index is 6.18. The van der Waals surface area contributed by atoms with Gasteiger partial charge < -0.3 is 5.73 Å². The maximum atomic E-state index is 6.18. The molecule has 1 aromatic rings. The Morgan fingerprint density at radius 3 is 2.87 bits per heavy atom. The molecule has 0 saturated heterocycles. The molecule has 2 N–H and O–H groups in total. The maximum Gasteiger partial charge on any atom is 0.0428 e. The highest BCUT2D eigenvalue weighted by atomic mass is 79.9. The molecule has 0 radical (unpaired) electrons. The van der Waals surface area contributed by atoms with Crippen LogP contribution in [-0.2, 0) is 6.54 Å². The van der Waals surface area contributed by atoms with Crippen molar-refractivity contribution in [3.63, 3.8) is 0 Å². The fourth-order valence-corrected chi connectivity index (χ4v) is 2.46. The number of hydrogen-bond donors (Lipinski definition) is 1. The van der Waals surface area contributed by atoms with Crippen LogP contribution >= 0.6 is 15.9 Å². The molecule has 0 bridgehead atoms. The molecule has 82 valence electrons. The second kappa shape index (κ2) is 4.24. The molecule has 0 spiro atoms. The molecule has 1 atom stereocenters. The van der Waals surface area contributed by atoms with Gasteiger partial charge in [-0.3, -0.25) is 4.90 Å². The number of nitrogens with zero attached hydrogens (tertiary/aromatic N) is 1. The van der Waals surface area contributed by atoms with E-state index in [0.717, 1.165) is 17.6 Å². The third-order valence-corrected chi connectivity index (χ3v) is 3.54. The van der Waals surface area contributed by atoms with Gasteiger partial charge in [-0.15, -0.1) is 0 Å². The van der Waals surface area contributed by atoms with Crippen LogP contribution in [0.25, 0.3) is 0 Å². The van der Waals surface area contributed by atoms with Crippen LogP contribution in [-0.4, -0.2) is 17.5 Å². The van der Waals surface area contributed by atoms with Crippen molar-refractivity contribution in [2.75, 3.05) is 6.54 Å². The number of fused-ring (bicyclic) bond motifs is 1. The quantitative estimate of drug-likeness (QED) is 0.849. The van der Waals surface area contributed by atoms with Crippen molar-refractivity contribution in [1.29, 1.82) is 0 Å². The summed E-state index contributed by atoms with van der Waals surface area (Å²) in [6, 6.07) is 7.13. The van der Waals surface area contributed by atoms with Gasteiger partial charge in [-0.05, 0) is 37.1 Å². The molecule has 0 fully saturated rings. The van der Waals surface area contributed by atoms with Gasteiger partial charge in [0, 0.05) is 29.6 Å². The van der Waals surface area contributed by atoms with E-state index in [1.165, 1.54) is 11.1 Å². The standard InChI is InChI=1S/C12H17BrN2/c1-8(2)15-6-9-3-4-10(13)5-11(9)12(14)7-15/h3-5,8,12H,6-7,14H2,1-2H3. The van der Waals surface area contributed by atoms with Crippen LogP contribution in [0.4, 0.5) is 0 Å². The minimum absolute atomic E-state index is 0.147. The summed E-state index contributed by atoms with van der Waals surface area (Å²) in [5.41, 5.74) is 8.84. The average molecular weight is 269 g/mol. The molecule has 0 amide bonds. The molecule has 3 heteroatoms. The van der Waals surface area contributed by atoms with Crippen molar-refractivity contribution >= 4 is 15.9 Å². The van der Waals surface area contributed by atoms with Crippen LogP contribution in [0.3, 0.4) is 0 Å². The van der Waals surface area contributed by atoms with Crippen molar-refractivity contribution in [2.45, 2.75) is 32.5 Å². The first kappa shape index (κ1) is 11.1. The minimum atomic E-state index is 0.147. The zero-order valence-corrected chi connectivity index (χ0v) is 10.8. The summed E-state index contributed by atoms with van der Waals surface area (Å²) in [5, 5.41) is 0. The summed E-state index contributed by atoms with van der Waals surface area (Å²) in [7, 11) is 0. The van der Waals surface area contributed by atoms with E-state index in [1.54, 1.807) is 0 Å². The van der Waals surface area contributed by atoms with Gasteiger partial charge in [-0.25, -0.2) is 0 Å². The van der Waals surface area contributed by atoms with E-state index < -0.39 is 0 Å². The molecule has 0 saturated carbocycles. The number of rotatable bonds is 1. The first-order chi connectivity index (χ1) is 7.08. The zero-order valence-electron chi connectivity index (χ0n) is 9.20. The molecule has 1 aliphatic rings. The topological polar surface area (TPSA) is 29.3 Å². The molecule has 0 aliphatic carbocycles. The first-order valence-corrected chi connectivity index (χ1v) is 6.15. The third kappa shape index (κ3) is 2.25. The Morgan fingerprint density at radius 1 is 1.47 bits per heavy atom. The molecule has 2 rings (SSSR count). The van der Waals surface area contributed by atoms with Gasteiger partial charge in [-0.2, -0.15) is 0 Å². The Hall–Kier alpha value is -0.380. The Kier molecular flexibility index (Phi) is 3.14. The summed E-state index contributed by atoms with van der Waals surface area (Å²) < 4.78 is 1.12. The summed E-state index contributed by atoms with van der Waals surface area (Å²) in [4.78, 5) is 2.42. The zero-order chi connectivity index (χ0) is 11.0.